The second kappa shape index (κ2) is 4.22. The highest BCUT2D eigenvalue weighted by atomic mass is 16.5. The molecule has 0 spiro atoms. The Morgan fingerprint density at radius 1 is 1.41 bits per heavy atom. The molecule has 4 heteroatoms. The van der Waals surface area contributed by atoms with Crippen molar-refractivity contribution in [2.75, 3.05) is 13.7 Å². The average Bonchev–Trinajstić information content (AvgIpc) is 2.96. The van der Waals surface area contributed by atoms with Crippen LogP contribution in [0, 0.1) is 0 Å². The van der Waals surface area contributed by atoms with Gasteiger partial charge in [-0.3, -0.25) is 0 Å². The zero-order valence-corrected chi connectivity index (χ0v) is 9.69. The van der Waals surface area contributed by atoms with Gasteiger partial charge in [0.25, 0.3) is 0 Å². The zero-order chi connectivity index (χ0) is 11.7. The van der Waals surface area contributed by atoms with Crippen LogP contribution < -0.4 is 10.1 Å². The van der Waals surface area contributed by atoms with Gasteiger partial charge in [-0.1, -0.05) is 0 Å². The molecule has 1 aromatic carbocycles. The van der Waals surface area contributed by atoms with E-state index in [1.54, 1.807) is 6.20 Å². The van der Waals surface area contributed by atoms with Crippen LogP contribution in [0.15, 0.2) is 28.8 Å². The third-order valence-corrected chi connectivity index (χ3v) is 2.86. The Labute approximate surface area is 99.6 Å². The molecule has 1 aliphatic heterocycles. The number of nitrogens with zero attached hydrogens (tertiary/aromatic N) is 1. The summed E-state index contributed by atoms with van der Waals surface area (Å²) in [6.07, 6.45) is 2.74. The Bertz CT molecular complexity index is 534. The summed E-state index contributed by atoms with van der Waals surface area (Å²) >= 11 is 0. The summed E-state index contributed by atoms with van der Waals surface area (Å²) in [5.41, 5.74) is 2.30. The predicted octanol–water partition coefficient (Wildman–Crippen LogP) is 2.00. The van der Waals surface area contributed by atoms with Crippen molar-refractivity contribution in [3.8, 4) is 17.1 Å². The third-order valence-electron chi connectivity index (χ3n) is 2.86. The second-order valence-electron chi connectivity index (χ2n) is 4.07. The highest BCUT2D eigenvalue weighted by molar-refractivity contribution is 5.60. The van der Waals surface area contributed by atoms with E-state index in [-0.39, 0.29) is 0 Å². The van der Waals surface area contributed by atoms with Crippen molar-refractivity contribution in [3.63, 3.8) is 0 Å². The molecule has 4 nitrogen and oxygen atoms in total. The maximum atomic E-state index is 5.66. The molecule has 2 aromatic rings. The van der Waals surface area contributed by atoms with Crippen LogP contribution in [0.3, 0.4) is 0 Å². The number of ether oxygens (including phenoxy) is 1. The summed E-state index contributed by atoms with van der Waals surface area (Å²) < 4.78 is 11.1. The van der Waals surface area contributed by atoms with E-state index in [2.05, 4.69) is 16.4 Å². The summed E-state index contributed by atoms with van der Waals surface area (Å²) in [6, 6.07) is 6.12. The molecule has 1 aromatic heterocycles. The normalized spacial score (nSPS) is 13.5. The Kier molecular flexibility index (Phi) is 2.57. The molecule has 0 saturated heterocycles. The van der Waals surface area contributed by atoms with Crippen LogP contribution in [0.4, 0.5) is 0 Å². The highest BCUT2D eigenvalue weighted by Gasteiger charge is 2.14. The molecular formula is C13H14N2O2. The van der Waals surface area contributed by atoms with Gasteiger partial charge in [0.2, 0.25) is 5.89 Å². The number of aromatic nitrogens is 1. The Morgan fingerprint density at radius 3 is 3.24 bits per heavy atom. The van der Waals surface area contributed by atoms with E-state index in [0.717, 1.165) is 30.1 Å². The van der Waals surface area contributed by atoms with Gasteiger partial charge < -0.3 is 14.5 Å². The van der Waals surface area contributed by atoms with Gasteiger partial charge in [-0.25, -0.2) is 4.98 Å². The molecule has 0 atom stereocenters. The maximum absolute atomic E-state index is 5.66. The monoisotopic (exact) mass is 230 g/mol. The van der Waals surface area contributed by atoms with E-state index in [1.165, 1.54) is 5.56 Å². The molecule has 0 aliphatic carbocycles. The molecule has 0 unspecified atom stereocenters. The van der Waals surface area contributed by atoms with Crippen molar-refractivity contribution >= 4 is 0 Å². The van der Waals surface area contributed by atoms with Crippen molar-refractivity contribution in [3.05, 3.63) is 35.9 Å². The fourth-order valence-electron chi connectivity index (χ4n) is 2.02. The number of fused-ring (bicyclic) bond motifs is 1. The van der Waals surface area contributed by atoms with E-state index < -0.39 is 0 Å². The molecule has 17 heavy (non-hydrogen) atoms. The van der Waals surface area contributed by atoms with Gasteiger partial charge in [-0.2, -0.15) is 0 Å². The van der Waals surface area contributed by atoms with Crippen molar-refractivity contribution in [2.24, 2.45) is 0 Å². The van der Waals surface area contributed by atoms with Crippen LogP contribution >= 0.6 is 0 Å². The first kappa shape index (κ1) is 10.4. The van der Waals surface area contributed by atoms with Gasteiger partial charge in [0, 0.05) is 12.0 Å². The highest BCUT2D eigenvalue weighted by Crippen LogP contribution is 2.30. The van der Waals surface area contributed by atoms with Crippen molar-refractivity contribution < 1.29 is 9.15 Å². The maximum Gasteiger partial charge on any atom is 0.208 e. The van der Waals surface area contributed by atoms with E-state index in [1.807, 2.05) is 19.2 Å². The minimum Gasteiger partial charge on any atom is -0.493 e. The number of nitrogens with one attached hydrogen (secondary N) is 1. The van der Waals surface area contributed by atoms with E-state index in [4.69, 9.17) is 9.15 Å². The fourth-order valence-corrected chi connectivity index (χ4v) is 2.02. The molecule has 1 N–H and O–H groups in total. The van der Waals surface area contributed by atoms with Crippen molar-refractivity contribution in [1.29, 1.82) is 0 Å². The first-order valence-electron chi connectivity index (χ1n) is 5.72. The molecule has 0 saturated carbocycles. The Morgan fingerprint density at radius 2 is 2.35 bits per heavy atom. The van der Waals surface area contributed by atoms with Crippen molar-refractivity contribution in [2.45, 2.75) is 13.0 Å². The molecule has 0 radical (unpaired) electrons. The minimum atomic E-state index is 0.647. The quantitative estimate of drug-likeness (QED) is 0.876. The van der Waals surface area contributed by atoms with E-state index in [9.17, 15) is 0 Å². The summed E-state index contributed by atoms with van der Waals surface area (Å²) in [6.45, 7) is 1.42. The van der Waals surface area contributed by atoms with Crippen molar-refractivity contribution in [1.82, 2.24) is 10.3 Å². The van der Waals surface area contributed by atoms with E-state index in [0.29, 0.717) is 12.4 Å². The number of benzene rings is 1. The summed E-state index contributed by atoms with van der Waals surface area (Å²) in [5.74, 6) is 2.51. The largest absolute Gasteiger partial charge is 0.493 e. The first-order chi connectivity index (χ1) is 8.36. The Balaban J connectivity index is 1.92. The van der Waals surface area contributed by atoms with Crippen LogP contribution in [0.5, 0.6) is 5.75 Å². The lowest BCUT2D eigenvalue weighted by molar-refractivity contribution is 0.357. The topological polar surface area (TPSA) is 47.3 Å². The number of oxazole rings is 1. The van der Waals surface area contributed by atoms with Gasteiger partial charge in [0.05, 0.1) is 19.3 Å². The zero-order valence-electron chi connectivity index (χ0n) is 9.69. The standard InChI is InChI=1S/C13H14N2O2/c1-14-8-13-15-7-12(17-13)9-2-3-11-10(6-9)4-5-16-11/h2-3,6-7,14H,4-5,8H2,1H3. The number of hydrogen-bond acceptors (Lipinski definition) is 4. The molecule has 2 heterocycles. The fraction of sp³-hybridized carbons (Fsp3) is 0.308. The summed E-state index contributed by atoms with van der Waals surface area (Å²) in [4.78, 5) is 4.22. The van der Waals surface area contributed by atoms with Gasteiger partial charge in [-0.05, 0) is 30.8 Å². The molecular weight excluding hydrogens is 216 g/mol. The predicted molar refractivity (Wildman–Crippen MR) is 63.9 cm³/mol. The molecule has 0 amide bonds. The Hall–Kier alpha value is -1.81. The van der Waals surface area contributed by atoms with Gasteiger partial charge in [-0.15, -0.1) is 0 Å². The molecule has 0 bridgehead atoms. The van der Waals surface area contributed by atoms with Gasteiger partial charge in [0.1, 0.15) is 5.75 Å². The van der Waals surface area contributed by atoms with Crippen LogP contribution in [0.25, 0.3) is 11.3 Å². The molecule has 88 valence electrons. The lowest BCUT2D eigenvalue weighted by Crippen LogP contribution is -2.04. The van der Waals surface area contributed by atoms with Crippen LogP contribution in [0.2, 0.25) is 0 Å². The van der Waals surface area contributed by atoms with Gasteiger partial charge in [0.15, 0.2) is 5.76 Å². The van der Waals surface area contributed by atoms with Crippen LogP contribution in [-0.2, 0) is 13.0 Å². The van der Waals surface area contributed by atoms with Gasteiger partial charge >= 0.3 is 0 Å². The summed E-state index contributed by atoms with van der Waals surface area (Å²) in [7, 11) is 1.87. The summed E-state index contributed by atoms with van der Waals surface area (Å²) in [5, 5.41) is 3.01. The van der Waals surface area contributed by atoms with Crippen LogP contribution in [-0.4, -0.2) is 18.6 Å². The number of hydrogen-bond donors (Lipinski definition) is 1. The van der Waals surface area contributed by atoms with Crippen LogP contribution in [0.1, 0.15) is 11.5 Å². The van der Waals surface area contributed by atoms with E-state index >= 15 is 0 Å². The second-order valence-corrected chi connectivity index (χ2v) is 4.07. The average molecular weight is 230 g/mol. The number of rotatable bonds is 3. The third kappa shape index (κ3) is 1.91. The molecule has 3 rings (SSSR count). The smallest absolute Gasteiger partial charge is 0.208 e. The molecule has 0 fully saturated rings. The SMILES string of the molecule is CNCc1ncc(-c2ccc3c(c2)CCO3)o1. The first-order valence-corrected chi connectivity index (χ1v) is 5.72. The molecule has 1 aliphatic rings. The minimum absolute atomic E-state index is 0.647. The lowest BCUT2D eigenvalue weighted by atomic mass is 10.1. The lowest BCUT2D eigenvalue weighted by Gasteiger charge is -2.00.